The van der Waals surface area contributed by atoms with Gasteiger partial charge >= 0.3 is 0 Å². The molecular formula is C29H26ClF2NO2. The SMILES string of the molecule is Fc1cc(Cl)ccc1COc1cccc(-c2ccc(CC3C=CC=CC3CC3CCO3)cc2F)n1. The summed E-state index contributed by atoms with van der Waals surface area (Å²) in [6.45, 7) is 0.851. The molecule has 1 aliphatic heterocycles. The summed E-state index contributed by atoms with van der Waals surface area (Å²) >= 11 is 5.80. The maximum atomic E-state index is 15.1. The number of rotatable bonds is 8. The predicted octanol–water partition coefficient (Wildman–Crippen LogP) is 7.34. The van der Waals surface area contributed by atoms with Crippen LogP contribution in [-0.2, 0) is 17.8 Å². The molecule has 3 aromatic rings. The number of hydrogen-bond donors (Lipinski definition) is 0. The van der Waals surface area contributed by atoms with Crippen LogP contribution in [0.25, 0.3) is 11.3 Å². The summed E-state index contributed by atoms with van der Waals surface area (Å²) in [5.41, 5.74) is 2.17. The monoisotopic (exact) mass is 493 g/mol. The predicted molar refractivity (Wildman–Crippen MR) is 133 cm³/mol. The van der Waals surface area contributed by atoms with Gasteiger partial charge in [0.2, 0.25) is 5.88 Å². The maximum Gasteiger partial charge on any atom is 0.214 e. The van der Waals surface area contributed by atoms with E-state index in [0.717, 1.165) is 31.4 Å². The van der Waals surface area contributed by atoms with E-state index in [9.17, 15) is 4.39 Å². The fourth-order valence-electron chi connectivity index (χ4n) is 4.55. The van der Waals surface area contributed by atoms with E-state index in [4.69, 9.17) is 21.1 Å². The van der Waals surface area contributed by atoms with Crippen LogP contribution >= 0.6 is 11.6 Å². The van der Waals surface area contributed by atoms with Gasteiger partial charge in [0.25, 0.3) is 0 Å². The molecule has 3 unspecified atom stereocenters. The van der Waals surface area contributed by atoms with Gasteiger partial charge in [0, 0.05) is 28.8 Å². The van der Waals surface area contributed by atoms with Gasteiger partial charge in [-0.25, -0.2) is 13.8 Å². The lowest BCUT2D eigenvalue weighted by Crippen LogP contribution is -2.31. The first-order valence-corrected chi connectivity index (χ1v) is 12.2. The summed E-state index contributed by atoms with van der Waals surface area (Å²) in [7, 11) is 0. The summed E-state index contributed by atoms with van der Waals surface area (Å²) in [4.78, 5) is 4.43. The van der Waals surface area contributed by atoms with Crippen LogP contribution in [0.15, 0.2) is 78.9 Å². The average molecular weight is 494 g/mol. The van der Waals surface area contributed by atoms with Crippen LogP contribution in [0.3, 0.4) is 0 Å². The molecule has 3 nitrogen and oxygen atoms in total. The zero-order chi connectivity index (χ0) is 24.2. The third kappa shape index (κ3) is 5.80. The third-order valence-electron chi connectivity index (χ3n) is 6.60. The van der Waals surface area contributed by atoms with E-state index < -0.39 is 5.82 Å². The van der Waals surface area contributed by atoms with Crippen molar-refractivity contribution >= 4 is 11.6 Å². The Hall–Kier alpha value is -3.02. The summed E-state index contributed by atoms with van der Waals surface area (Å²) in [6.07, 6.45) is 11.8. The van der Waals surface area contributed by atoms with Crippen molar-refractivity contribution in [2.45, 2.75) is 32.0 Å². The van der Waals surface area contributed by atoms with Crippen LogP contribution in [0, 0.1) is 23.5 Å². The number of ether oxygens (including phenoxy) is 2. The van der Waals surface area contributed by atoms with Gasteiger partial charge in [-0.05, 0) is 67.0 Å². The molecule has 1 saturated heterocycles. The standard InChI is InChI=1S/C29H26ClF2NO2/c30-23-10-9-22(26(31)17-23)18-35-29-7-3-6-28(33-29)25-11-8-19(15-27(25)32)14-20-4-1-2-5-21(20)16-24-12-13-34-24/h1-11,15,17,20-21,24H,12-14,16,18H2. The van der Waals surface area contributed by atoms with Gasteiger partial charge in [0.15, 0.2) is 0 Å². The van der Waals surface area contributed by atoms with Crippen LogP contribution in [-0.4, -0.2) is 17.7 Å². The molecule has 6 heteroatoms. The normalized spacial score (nSPS) is 21.1. The van der Waals surface area contributed by atoms with Crippen LogP contribution in [0.4, 0.5) is 8.78 Å². The molecule has 1 fully saturated rings. The Kier molecular flexibility index (Phi) is 7.26. The minimum atomic E-state index is -0.443. The first-order valence-electron chi connectivity index (χ1n) is 11.8. The van der Waals surface area contributed by atoms with E-state index in [0.29, 0.717) is 45.7 Å². The highest BCUT2D eigenvalue weighted by Gasteiger charge is 2.27. The maximum absolute atomic E-state index is 15.1. The second-order valence-electron chi connectivity index (χ2n) is 9.02. The van der Waals surface area contributed by atoms with Crippen molar-refractivity contribution in [3.8, 4) is 17.1 Å². The van der Waals surface area contributed by atoms with Crippen molar-refractivity contribution in [1.29, 1.82) is 0 Å². The summed E-state index contributed by atoms with van der Waals surface area (Å²) in [6, 6.07) is 14.9. The van der Waals surface area contributed by atoms with E-state index in [1.807, 2.05) is 6.07 Å². The Bertz CT molecular complexity index is 1260. The van der Waals surface area contributed by atoms with Crippen molar-refractivity contribution in [2.24, 2.45) is 11.8 Å². The molecule has 0 amide bonds. The number of nitrogens with zero attached hydrogens (tertiary/aromatic N) is 1. The highest BCUT2D eigenvalue weighted by Crippen LogP contribution is 2.32. The first kappa shape index (κ1) is 23.7. The lowest BCUT2D eigenvalue weighted by atomic mass is 9.79. The van der Waals surface area contributed by atoms with Crippen LogP contribution in [0.2, 0.25) is 5.02 Å². The van der Waals surface area contributed by atoms with Crippen molar-refractivity contribution in [3.05, 3.63) is 107 Å². The van der Waals surface area contributed by atoms with E-state index in [-0.39, 0.29) is 12.4 Å². The van der Waals surface area contributed by atoms with Crippen LogP contribution in [0.1, 0.15) is 24.0 Å². The lowest BCUT2D eigenvalue weighted by Gasteiger charge is -2.33. The smallest absolute Gasteiger partial charge is 0.214 e. The molecule has 0 radical (unpaired) electrons. The largest absolute Gasteiger partial charge is 0.473 e. The molecule has 1 aromatic heterocycles. The lowest BCUT2D eigenvalue weighted by molar-refractivity contribution is -0.0621. The number of hydrogen-bond acceptors (Lipinski definition) is 3. The minimum Gasteiger partial charge on any atom is -0.473 e. The summed E-state index contributed by atoms with van der Waals surface area (Å²) < 4.78 is 40.4. The average Bonchev–Trinajstić information content (AvgIpc) is 2.82. The highest BCUT2D eigenvalue weighted by molar-refractivity contribution is 6.30. The molecule has 0 bridgehead atoms. The molecule has 3 atom stereocenters. The van der Waals surface area contributed by atoms with Gasteiger partial charge in [0.1, 0.15) is 18.2 Å². The van der Waals surface area contributed by atoms with E-state index >= 15 is 4.39 Å². The fraction of sp³-hybridized carbons (Fsp3) is 0.276. The van der Waals surface area contributed by atoms with Crippen molar-refractivity contribution in [2.75, 3.05) is 6.61 Å². The fourth-order valence-corrected chi connectivity index (χ4v) is 4.71. The zero-order valence-corrected chi connectivity index (χ0v) is 19.9. The molecule has 5 rings (SSSR count). The van der Waals surface area contributed by atoms with Gasteiger partial charge in [0.05, 0.1) is 11.8 Å². The Labute approximate surface area is 209 Å². The number of allylic oxidation sites excluding steroid dienone is 4. The third-order valence-corrected chi connectivity index (χ3v) is 6.84. The van der Waals surface area contributed by atoms with Gasteiger partial charge in [-0.2, -0.15) is 0 Å². The van der Waals surface area contributed by atoms with Gasteiger partial charge in [-0.1, -0.05) is 54.1 Å². The highest BCUT2D eigenvalue weighted by atomic mass is 35.5. The zero-order valence-electron chi connectivity index (χ0n) is 19.2. The van der Waals surface area contributed by atoms with Crippen molar-refractivity contribution in [1.82, 2.24) is 4.98 Å². The van der Waals surface area contributed by atoms with E-state index in [1.54, 1.807) is 42.5 Å². The topological polar surface area (TPSA) is 31.4 Å². The Morgan fingerprint density at radius 1 is 0.971 bits per heavy atom. The molecule has 1 aliphatic carbocycles. The molecule has 0 spiro atoms. The van der Waals surface area contributed by atoms with Gasteiger partial charge < -0.3 is 9.47 Å². The first-order chi connectivity index (χ1) is 17.0. The molecule has 0 saturated carbocycles. The van der Waals surface area contributed by atoms with Gasteiger partial charge in [-0.3, -0.25) is 0 Å². The van der Waals surface area contributed by atoms with Crippen LogP contribution in [0.5, 0.6) is 5.88 Å². The Morgan fingerprint density at radius 2 is 1.80 bits per heavy atom. The minimum absolute atomic E-state index is 0.00269. The molecule has 2 aromatic carbocycles. The number of benzene rings is 2. The molecular weight excluding hydrogens is 468 g/mol. The summed E-state index contributed by atoms with van der Waals surface area (Å²) in [5.74, 6) is 0.234. The number of aromatic nitrogens is 1. The van der Waals surface area contributed by atoms with Crippen molar-refractivity contribution < 1.29 is 18.3 Å². The van der Waals surface area contributed by atoms with E-state index in [2.05, 4.69) is 29.3 Å². The quantitative estimate of drug-likeness (QED) is 0.329. The van der Waals surface area contributed by atoms with Crippen LogP contribution < -0.4 is 4.74 Å². The second kappa shape index (κ2) is 10.7. The summed E-state index contributed by atoms with van der Waals surface area (Å²) in [5, 5.41) is 0.323. The molecule has 180 valence electrons. The molecule has 35 heavy (non-hydrogen) atoms. The molecule has 2 aliphatic rings. The Balaban J connectivity index is 1.26. The van der Waals surface area contributed by atoms with Gasteiger partial charge in [-0.15, -0.1) is 0 Å². The Morgan fingerprint density at radius 3 is 2.54 bits per heavy atom. The number of pyridine rings is 1. The van der Waals surface area contributed by atoms with Crippen molar-refractivity contribution in [3.63, 3.8) is 0 Å². The number of halogens is 3. The van der Waals surface area contributed by atoms with E-state index in [1.165, 1.54) is 6.07 Å². The molecule has 2 heterocycles. The second-order valence-corrected chi connectivity index (χ2v) is 9.45. The molecule has 0 N–H and O–H groups in total.